The number of amides is 3. The molecule has 7 heteroatoms. The summed E-state index contributed by atoms with van der Waals surface area (Å²) in [5.74, 6) is 0.155. The fourth-order valence-corrected chi connectivity index (χ4v) is 1.39. The van der Waals surface area contributed by atoms with E-state index in [1.165, 1.54) is 6.20 Å². The van der Waals surface area contributed by atoms with Crippen LogP contribution in [0.15, 0.2) is 12.3 Å². The van der Waals surface area contributed by atoms with Gasteiger partial charge in [-0.3, -0.25) is 9.89 Å². The van der Waals surface area contributed by atoms with Gasteiger partial charge in [0.2, 0.25) is 5.91 Å². The molecule has 1 heterocycles. The van der Waals surface area contributed by atoms with Crippen LogP contribution in [0.3, 0.4) is 0 Å². The lowest BCUT2D eigenvalue weighted by Crippen LogP contribution is -2.49. The first-order valence-electron chi connectivity index (χ1n) is 5.40. The minimum atomic E-state index is -0.713. The summed E-state index contributed by atoms with van der Waals surface area (Å²) in [5.41, 5.74) is 5.05. The maximum atomic E-state index is 11.9. The topological polar surface area (TPSA) is 113 Å². The van der Waals surface area contributed by atoms with Gasteiger partial charge in [0.25, 0.3) is 0 Å². The molecule has 3 amide bonds. The smallest absolute Gasteiger partial charge is 0.312 e. The number of nitrogens with two attached hydrogens (primary N) is 1. The highest BCUT2D eigenvalue weighted by Crippen LogP contribution is 2.10. The summed E-state index contributed by atoms with van der Waals surface area (Å²) in [4.78, 5) is 22.8. The fraction of sp³-hybridized carbons (Fsp3) is 0.500. The summed E-state index contributed by atoms with van der Waals surface area (Å²) in [7, 11) is 0. The summed E-state index contributed by atoms with van der Waals surface area (Å²) in [6, 6.07) is 0.256. The number of hydrogen-bond acceptors (Lipinski definition) is 3. The zero-order chi connectivity index (χ0) is 12.8. The van der Waals surface area contributed by atoms with Gasteiger partial charge in [-0.1, -0.05) is 20.3 Å². The molecule has 1 aromatic heterocycles. The quantitative estimate of drug-likeness (QED) is 0.597. The number of anilines is 1. The third-order valence-electron chi connectivity index (χ3n) is 2.55. The van der Waals surface area contributed by atoms with Crippen molar-refractivity contribution >= 4 is 17.8 Å². The number of nitrogens with one attached hydrogen (secondary N) is 3. The van der Waals surface area contributed by atoms with E-state index in [2.05, 4.69) is 20.8 Å². The van der Waals surface area contributed by atoms with E-state index in [9.17, 15) is 9.59 Å². The molecule has 2 unspecified atom stereocenters. The molecular weight excluding hydrogens is 222 g/mol. The SMILES string of the molecule is CCC(C)C(NC(N)=O)C(=O)Nc1ccn[nH]1. The monoisotopic (exact) mass is 239 g/mol. The van der Waals surface area contributed by atoms with Gasteiger partial charge in [0.1, 0.15) is 11.9 Å². The zero-order valence-corrected chi connectivity index (χ0v) is 9.86. The molecule has 0 aliphatic carbocycles. The van der Waals surface area contributed by atoms with Crippen LogP contribution in [-0.4, -0.2) is 28.2 Å². The molecule has 94 valence electrons. The van der Waals surface area contributed by atoms with E-state index in [0.717, 1.165) is 6.42 Å². The van der Waals surface area contributed by atoms with E-state index >= 15 is 0 Å². The van der Waals surface area contributed by atoms with Crippen LogP contribution in [0, 0.1) is 5.92 Å². The van der Waals surface area contributed by atoms with Gasteiger partial charge in [0.15, 0.2) is 0 Å². The Morgan fingerprint density at radius 2 is 2.29 bits per heavy atom. The van der Waals surface area contributed by atoms with Crippen molar-refractivity contribution < 1.29 is 9.59 Å². The predicted molar refractivity (Wildman–Crippen MR) is 63.2 cm³/mol. The Labute approximate surface area is 99.1 Å². The second-order valence-corrected chi connectivity index (χ2v) is 3.83. The average Bonchev–Trinajstić information content (AvgIpc) is 2.77. The van der Waals surface area contributed by atoms with Crippen LogP contribution < -0.4 is 16.4 Å². The van der Waals surface area contributed by atoms with Crippen LogP contribution in [0.5, 0.6) is 0 Å². The molecular formula is C10H17N5O2. The van der Waals surface area contributed by atoms with Gasteiger partial charge < -0.3 is 16.4 Å². The average molecular weight is 239 g/mol. The second kappa shape index (κ2) is 5.88. The van der Waals surface area contributed by atoms with E-state index in [1.807, 2.05) is 13.8 Å². The third-order valence-corrected chi connectivity index (χ3v) is 2.55. The van der Waals surface area contributed by atoms with Gasteiger partial charge in [-0.05, 0) is 5.92 Å². The number of rotatable bonds is 5. The Balaban J connectivity index is 2.68. The molecule has 0 radical (unpaired) electrons. The molecule has 5 N–H and O–H groups in total. The van der Waals surface area contributed by atoms with Gasteiger partial charge in [0, 0.05) is 6.07 Å². The summed E-state index contributed by atoms with van der Waals surface area (Å²) < 4.78 is 0. The standard InChI is InChI=1S/C10H17N5O2/c1-3-6(2)8(14-10(11)17)9(16)13-7-4-5-12-15-7/h4-6,8H,3H2,1-2H3,(H3,11,14,17)(H2,12,13,15,16). The summed E-state index contributed by atoms with van der Waals surface area (Å²) in [6.45, 7) is 3.80. The van der Waals surface area contributed by atoms with Gasteiger partial charge in [-0.2, -0.15) is 5.10 Å². The number of primary amides is 1. The predicted octanol–water partition coefficient (Wildman–Crippen LogP) is 0.431. The Morgan fingerprint density at radius 1 is 1.59 bits per heavy atom. The number of carbonyl (C=O) groups excluding carboxylic acids is 2. The van der Waals surface area contributed by atoms with Crippen LogP contribution >= 0.6 is 0 Å². The highest BCUT2D eigenvalue weighted by molar-refractivity contribution is 5.96. The lowest BCUT2D eigenvalue weighted by Gasteiger charge is -2.22. The molecule has 1 rings (SSSR count). The van der Waals surface area contributed by atoms with Crippen LogP contribution in [0.2, 0.25) is 0 Å². The number of hydrogen-bond donors (Lipinski definition) is 4. The van der Waals surface area contributed by atoms with E-state index in [4.69, 9.17) is 5.73 Å². The van der Waals surface area contributed by atoms with E-state index in [0.29, 0.717) is 5.82 Å². The number of aromatic nitrogens is 2. The Morgan fingerprint density at radius 3 is 2.76 bits per heavy atom. The van der Waals surface area contributed by atoms with E-state index < -0.39 is 12.1 Å². The first-order valence-corrected chi connectivity index (χ1v) is 5.40. The molecule has 0 aromatic carbocycles. The molecule has 1 aromatic rings. The number of carbonyl (C=O) groups is 2. The molecule has 17 heavy (non-hydrogen) atoms. The maximum absolute atomic E-state index is 11.9. The molecule has 0 bridgehead atoms. The summed E-state index contributed by atoms with van der Waals surface area (Å²) >= 11 is 0. The van der Waals surface area contributed by atoms with Gasteiger partial charge >= 0.3 is 6.03 Å². The van der Waals surface area contributed by atoms with Crippen molar-refractivity contribution in [2.75, 3.05) is 5.32 Å². The van der Waals surface area contributed by atoms with Gasteiger partial charge in [-0.15, -0.1) is 0 Å². The van der Waals surface area contributed by atoms with Gasteiger partial charge in [0.05, 0.1) is 6.20 Å². The summed E-state index contributed by atoms with van der Waals surface area (Å²) in [5, 5.41) is 11.4. The van der Waals surface area contributed by atoms with Crippen molar-refractivity contribution in [1.82, 2.24) is 15.5 Å². The lowest BCUT2D eigenvalue weighted by molar-refractivity contribution is -0.119. The van der Waals surface area contributed by atoms with Crippen molar-refractivity contribution in [3.05, 3.63) is 12.3 Å². The van der Waals surface area contributed by atoms with Crippen molar-refractivity contribution in [2.24, 2.45) is 11.7 Å². The number of aromatic amines is 1. The highest BCUT2D eigenvalue weighted by atomic mass is 16.2. The van der Waals surface area contributed by atoms with Crippen LogP contribution in [0.25, 0.3) is 0 Å². The Kier molecular flexibility index (Phi) is 4.50. The molecule has 0 aliphatic rings. The zero-order valence-electron chi connectivity index (χ0n) is 9.86. The van der Waals surface area contributed by atoms with E-state index in [1.54, 1.807) is 6.07 Å². The Hall–Kier alpha value is -2.05. The summed E-state index contributed by atoms with van der Waals surface area (Å²) in [6.07, 6.45) is 2.27. The number of H-pyrrole nitrogens is 1. The van der Waals surface area contributed by atoms with Crippen molar-refractivity contribution in [3.63, 3.8) is 0 Å². The normalized spacial score (nSPS) is 13.8. The van der Waals surface area contributed by atoms with Crippen LogP contribution in [-0.2, 0) is 4.79 Å². The van der Waals surface area contributed by atoms with E-state index in [-0.39, 0.29) is 11.8 Å². The second-order valence-electron chi connectivity index (χ2n) is 3.83. The van der Waals surface area contributed by atoms with Crippen molar-refractivity contribution in [3.8, 4) is 0 Å². The van der Waals surface area contributed by atoms with Crippen LogP contribution in [0.1, 0.15) is 20.3 Å². The first kappa shape index (κ1) is 13.0. The Bertz CT molecular complexity index is 376. The maximum Gasteiger partial charge on any atom is 0.312 e. The minimum Gasteiger partial charge on any atom is -0.352 e. The lowest BCUT2D eigenvalue weighted by atomic mass is 9.98. The number of urea groups is 1. The largest absolute Gasteiger partial charge is 0.352 e. The fourth-order valence-electron chi connectivity index (χ4n) is 1.39. The molecule has 0 fully saturated rings. The molecule has 2 atom stereocenters. The van der Waals surface area contributed by atoms with Crippen molar-refractivity contribution in [1.29, 1.82) is 0 Å². The third kappa shape index (κ3) is 3.78. The minimum absolute atomic E-state index is 0.00887. The first-order chi connectivity index (χ1) is 8.04. The molecule has 7 nitrogen and oxygen atoms in total. The molecule has 0 saturated heterocycles. The highest BCUT2D eigenvalue weighted by Gasteiger charge is 2.25. The van der Waals surface area contributed by atoms with Crippen LogP contribution in [0.4, 0.5) is 10.6 Å². The van der Waals surface area contributed by atoms with Crippen molar-refractivity contribution in [2.45, 2.75) is 26.3 Å². The number of nitrogens with zero attached hydrogens (tertiary/aromatic N) is 1. The molecule has 0 spiro atoms. The van der Waals surface area contributed by atoms with Gasteiger partial charge in [-0.25, -0.2) is 4.79 Å². The molecule has 0 aliphatic heterocycles. The molecule has 0 saturated carbocycles.